The molecule has 38 heteroatoms. The zero-order valence-corrected chi connectivity index (χ0v) is 70.8. The van der Waals surface area contributed by atoms with Crippen LogP contribution in [0.2, 0.25) is 0 Å². The monoisotopic (exact) mass is 1750 g/mol. The summed E-state index contributed by atoms with van der Waals surface area (Å²) in [6.07, 6.45) is 8.08. The van der Waals surface area contributed by atoms with Crippen molar-refractivity contribution in [2.75, 3.05) is 46.2 Å². The number of benzene rings is 6. The fourth-order valence-electron chi connectivity index (χ4n) is 11.1. The number of nitro benzene ring substituents is 2. The number of amides is 1. The van der Waals surface area contributed by atoms with Gasteiger partial charge in [0.2, 0.25) is 6.54 Å². The molecule has 0 saturated heterocycles. The number of fused-ring (bicyclic) bond motifs is 4. The molecule has 0 unspecified atom stereocenters. The van der Waals surface area contributed by atoms with Crippen LogP contribution in [0.3, 0.4) is 0 Å². The molecule has 38 nitrogen and oxygen atoms in total. The zero-order chi connectivity index (χ0) is 95.3. The van der Waals surface area contributed by atoms with Crippen LogP contribution in [0.4, 0.5) is 38.9 Å². The molecule has 666 valence electrons. The molecule has 1 amide bonds. The van der Waals surface area contributed by atoms with E-state index in [9.17, 15) is 82.6 Å². The molecule has 6 aromatic carbocycles. The molecular weight excluding hydrogens is 1660 g/mol. The Morgan fingerprint density at radius 1 is 0.449 bits per heavy atom. The van der Waals surface area contributed by atoms with Crippen LogP contribution in [0.15, 0.2) is 157 Å². The summed E-state index contributed by atoms with van der Waals surface area (Å²) in [5.74, 6) is -4.38. The minimum absolute atomic E-state index is 0.00907. The summed E-state index contributed by atoms with van der Waals surface area (Å²) in [5.41, 5.74) is 21.7. The predicted octanol–water partition coefficient (Wildman–Crippen LogP) is 9.72. The molecule has 4 aliphatic heterocycles. The van der Waals surface area contributed by atoms with E-state index in [1.165, 1.54) is 68.5 Å². The number of carbonyl (C=O) groups is 13. The first-order valence-corrected chi connectivity index (χ1v) is 38.1. The molecule has 4 aliphatic rings. The molecule has 0 bridgehead atoms. The summed E-state index contributed by atoms with van der Waals surface area (Å²) in [5, 5.41) is 86.4. The van der Waals surface area contributed by atoms with Gasteiger partial charge in [0, 0.05) is 116 Å². The fourth-order valence-corrected chi connectivity index (χ4v) is 11.1. The van der Waals surface area contributed by atoms with Crippen molar-refractivity contribution in [1.82, 2.24) is 5.32 Å². The van der Waals surface area contributed by atoms with E-state index < -0.39 is 131 Å². The third-order valence-corrected chi connectivity index (χ3v) is 17.1. The maximum absolute atomic E-state index is 12.3. The van der Waals surface area contributed by atoms with Crippen molar-refractivity contribution in [3.8, 4) is 0 Å². The van der Waals surface area contributed by atoms with Gasteiger partial charge in [-0.2, -0.15) is 0 Å². The number of ketones is 8. The van der Waals surface area contributed by atoms with E-state index in [4.69, 9.17) is 73.7 Å². The topological polar surface area (TPSA) is 621 Å². The number of Topliss-reactive ketones (excluding diaryl/α,β-unsaturated/α-hetero) is 8. The van der Waals surface area contributed by atoms with Gasteiger partial charge in [-0.15, -0.1) is 0 Å². The number of aliphatic hydroxyl groups excluding tert-OH is 6. The number of nitrogens with one attached hydrogen (secondary N) is 1. The summed E-state index contributed by atoms with van der Waals surface area (Å²) >= 11 is 0. The lowest BCUT2D eigenvalue weighted by Crippen LogP contribution is -2.36. The number of alkyl carbamates (subject to hydrolysis) is 1. The maximum atomic E-state index is 12.3. The van der Waals surface area contributed by atoms with Crippen LogP contribution in [0.25, 0.3) is 35.2 Å². The standard InChI is InChI=1S/C19H22N2O5.C17H18N2O6.C17H20N2O4.C14H14N2O3.C13H12N2O4.C9H7NO5/c1-11(23)14-7-12-5-6-13(16(24)10-22)8-15(12)20-17(9-14)21-18(25)26-19(2,3)4;1-17(2,3)25-16(22)13(9-18-4)7-11-5-6-12(15(21)10-20)8-14(11)19(23)24;1-17(2,3)23-16(22)12-6-10-4-5-11(14(21)9-20)7-13(10)19-15(18)8-12;1-8(18)11-4-9-2-3-10(13(19)7-17)5-12(9)16-14(15)6-11;14-12-5-9(13(18)19)3-7-1-2-8(11(17)6-16)4-10(7)15-12;11-4-7-2-1-6(9(13)5-12)3-8(7)10(14)15/h5-8,22H,9-10H2,1-4H3,(H,20,21,25);5-8,20H,9-10H2,1-3H3;4-7,20H,8-9H2,1-3H3,(H2,18,19);2-5,17H,6-7H2,1H3,(H2,15,16);1-4,16H,5-6H2,(H2,14,15)(H,18,19);1-4,12H,5H2/b;13-7+;;;;. The van der Waals surface area contributed by atoms with Crippen LogP contribution in [0.1, 0.15) is 202 Å². The molecule has 0 saturated carbocycles. The number of nitrogens with two attached hydrogens (primary N) is 3. The SMILES string of the molecule is CC(=O)C1=Cc2ccc(C(=O)CO)cc2N=C(N)C1.CC(=O)C1=Cc2ccc(C(=O)CO)cc2N=C(NC(=O)OC(C)(C)C)C1.CC(C)(C)OC(=O)C1=Cc2ccc(C(=O)CO)cc2N=C(N)C1.NC1=Nc2cc(C(=O)CO)ccc2C=C(C(=O)O)C1.O=Cc1ccc(C(=O)CO)cc1[N+](=O)[O-].[C-]#[N+]C/C(=C\c1ccc(C(=O)CO)cc1[N+](=O)[O-])C(=O)OC(C)(C)C. The molecule has 0 fully saturated rings. The number of esters is 2. The normalized spacial score (nSPS) is 13.0. The number of aliphatic hydroxyl groups is 6. The first-order chi connectivity index (χ1) is 59.5. The Kier molecular flexibility index (Phi) is 37.4. The van der Waals surface area contributed by atoms with Gasteiger partial charge < -0.3 is 72.0 Å². The second-order valence-corrected chi connectivity index (χ2v) is 30.5. The largest absolute Gasteiger partial charge is 0.478 e. The summed E-state index contributed by atoms with van der Waals surface area (Å²) < 4.78 is 15.8. The first-order valence-electron chi connectivity index (χ1n) is 38.1. The van der Waals surface area contributed by atoms with E-state index in [0.717, 1.165) is 17.7 Å². The number of aliphatic imine (C=N–C) groups is 4. The number of amidine groups is 4. The van der Waals surface area contributed by atoms with Crippen LogP contribution in [-0.4, -0.2) is 208 Å². The Balaban J connectivity index is 0.000000272. The van der Waals surface area contributed by atoms with Crippen molar-refractivity contribution in [3.05, 3.63) is 235 Å². The molecule has 0 spiro atoms. The number of nitrogens with zero attached hydrogens (tertiary/aromatic N) is 7. The Hall–Kier alpha value is -15.1. The molecule has 6 aromatic rings. The highest BCUT2D eigenvalue weighted by molar-refractivity contribution is 6.11. The van der Waals surface area contributed by atoms with E-state index in [1.54, 1.807) is 135 Å². The summed E-state index contributed by atoms with van der Waals surface area (Å²) in [6.45, 7) is 21.3. The third-order valence-electron chi connectivity index (χ3n) is 17.1. The smallest absolute Gasteiger partial charge is 0.413 e. The van der Waals surface area contributed by atoms with Crippen molar-refractivity contribution in [2.45, 2.75) is 119 Å². The van der Waals surface area contributed by atoms with Crippen molar-refractivity contribution in [1.29, 1.82) is 0 Å². The molecule has 0 radical (unpaired) electrons. The summed E-state index contributed by atoms with van der Waals surface area (Å²) in [6, 6.07) is 26.0. The zero-order valence-electron chi connectivity index (χ0n) is 70.8. The van der Waals surface area contributed by atoms with Crippen molar-refractivity contribution < 1.29 is 122 Å². The van der Waals surface area contributed by atoms with Gasteiger partial charge in [0.1, 0.15) is 85.4 Å². The second-order valence-electron chi connectivity index (χ2n) is 30.5. The van der Waals surface area contributed by atoms with E-state index in [0.29, 0.717) is 97.0 Å². The quantitative estimate of drug-likeness (QED) is 0.00440. The van der Waals surface area contributed by atoms with Crippen molar-refractivity contribution >= 4 is 164 Å². The lowest BCUT2D eigenvalue weighted by molar-refractivity contribution is -0.385. The number of aldehydes is 1. The number of carboxylic acid groups (broad SMARTS) is 1. The molecule has 0 aromatic heterocycles. The van der Waals surface area contributed by atoms with Gasteiger partial charge >= 0.3 is 24.0 Å². The van der Waals surface area contributed by atoms with Crippen LogP contribution in [0.5, 0.6) is 0 Å². The van der Waals surface area contributed by atoms with Gasteiger partial charge in [0.05, 0.1) is 43.7 Å². The number of nitro groups is 2. The number of aliphatic carboxylic acids is 1. The van der Waals surface area contributed by atoms with Crippen molar-refractivity contribution in [2.24, 2.45) is 37.2 Å². The fraction of sp³-hybridized carbons (Fsp3) is 0.281. The second kappa shape index (κ2) is 46.4. The molecule has 4 heterocycles. The highest BCUT2D eigenvalue weighted by atomic mass is 16.6. The number of rotatable bonds is 22. The van der Waals surface area contributed by atoms with Crippen LogP contribution in [0, 0.1) is 26.8 Å². The first kappa shape index (κ1) is 102. The molecule has 0 aliphatic carbocycles. The molecule has 0 atom stereocenters. The number of carbonyl (C=O) groups excluding carboxylic acids is 12. The van der Waals surface area contributed by atoms with Gasteiger partial charge in [0.25, 0.3) is 11.4 Å². The molecule has 10 rings (SSSR count). The van der Waals surface area contributed by atoms with Crippen molar-refractivity contribution in [3.63, 3.8) is 0 Å². The Labute approximate surface area is 726 Å². The highest BCUT2D eigenvalue weighted by Gasteiger charge is 2.29. The molecule has 127 heavy (non-hydrogen) atoms. The number of ether oxygens (including phenoxy) is 3. The minimum atomic E-state index is -1.05. The lowest BCUT2D eigenvalue weighted by atomic mass is 10.0. The Morgan fingerprint density at radius 3 is 1.09 bits per heavy atom. The summed E-state index contributed by atoms with van der Waals surface area (Å²) in [4.78, 5) is 190. The van der Waals surface area contributed by atoms with Crippen LogP contribution < -0.4 is 22.5 Å². The average molecular weight is 1750 g/mol. The van der Waals surface area contributed by atoms with Gasteiger partial charge in [-0.25, -0.2) is 45.7 Å². The number of hydrogen-bond acceptors (Lipinski definition) is 33. The molecular formula is C89H93N11O27. The van der Waals surface area contributed by atoms with E-state index in [-0.39, 0.29) is 94.1 Å². The molecule has 14 N–H and O–H groups in total. The van der Waals surface area contributed by atoms with E-state index in [2.05, 4.69) is 30.1 Å². The van der Waals surface area contributed by atoms with E-state index >= 15 is 0 Å². The third kappa shape index (κ3) is 31.9. The van der Waals surface area contributed by atoms with Crippen LogP contribution in [-0.2, 0) is 38.2 Å². The van der Waals surface area contributed by atoms with Crippen LogP contribution >= 0.6 is 0 Å². The number of carboxylic acids is 1. The van der Waals surface area contributed by atoms with Gasteiger partial charge in [-0.3, -0.25) is 68.7 Å². The average Bonchev–Trinajstić information content (AvgIpc) is 1.54. The highest BCUT2D eigenvalue weighted by Crippen LogP contribution is 2.34. The predicted molar refractivity (Wildman–Crippen MR) is 467 cm³/mol. The van der Waals surface area contributed by atoms with E-state index in [1.807, 2.05) is 0 Å². The van der Waals surface area contributed by atoms with Gasteiger partial charge in [-0.05, 0) is 143 Å². The number of hydrogen-bond donors (Lipinski definition) is 11. The summed E-state index contributed by atoms with van der Waals surface area (Å²) in [7, 11) is 0. The van der Waals surface area contributed by atoms with Gasteiger partial charge in [-0.1, -0.05) is 60.7 Å². The Morgan fingerprint density at radius 2 is 0.756 bits per heavy atom. The maximum Gasteiger partial charge on any atom is 0.413 e. The Bertz CT molecular complexity index is 5620. The minimum Gasteiger partial charge on any atom is -0.478 e. The van der Waals surface area contributed by atoms with Gasteiger partial charge in [0.15, 0.2) is 52.6 Å². The lowest BCUT2D eigenvalue weighted by Gasteiger charge is -2.20.